The number of piperazine rings is 1. The zero-order valence-corrected chi connectivity index (χ0v) is 24.4. The molecule has 11 nitrogen and oxygen atoms in total. The van der Waals surface area contributed by atoms with E-state index in [9.17, 15) is 23.1 Å². The summed E-state index contributed by atoms with van der Waals surface area (Å²) < 4.78 is 45.9. The number of aliphatic imine (C=N–C) groups is 1. The monoisotopic (exact) mass is 602 g/mol. The van der Waals surface area contributed by atoms with Crippen LogP contribution in [0.5, 0.6) is 0 Å². The van der Waals surface area contributed by atoms with Crippen molar-refractivity contribution in [3.8, 4) is 0 Å². The molecule has 3 aliphatic heterocycles. The minimum Gasteiger partial charge on any atom is -0.488 e. The lowest BCUT2D eigenvalue weighted by Crippen LogP contribution is -2.52. The van der Waals surface area contributed by atoms with E-state index in [0.29, 0.717) is 5.69 Å². The second-order valence-electron chi connectivity index (χ2n) is 10.0. The lowest BCUT2D eigenvalue weighted by molar-refractivity contribution is -0.234. The quantitative estimate of drug-likeness (QED) is 0.335. The fourth-order valence-electron chi connectivity index (χ4n) is 4.67. The summed E-state index contributed by atoms with van der Waals surface area (Å²) in [4.78, 5) is 30.2. The Kier molecular flexibility index (Phi) is 9.91. The molecule has 2 atom stereocenters. The molecule has 2 aromatic rings. The number of aliphatic hydroxyl groups is 1. The molecular weight excluding hydrogens is 565 g/mol. The zero-order chi connectivity index (χ0) is 31.2. The minimum atomic E-state index is -4.98. The normalized spacial score (nSPS) is 21.7. The molecule has 0 bridgehead atoms. The van der Waals surface area contributed by atoms with Gasteiger partial charge in [0.15, 0.2) is 0 Å². The molecule has 4 heterocycles. The molecule has 2 saturated heterocycles. The Morgan fingerprint density at radius 1 is 1.21 bits per heavy atom. The van der Waals surface area contributed by atoms with Gasteiger partial charge in [0.05, 0.1) is 0 Å². The molecule has 1 aromatic heterocycles. The third-order valence-corrected chi connectivity index (χ3v) is 7.08. The molecule has 3 aliphatic rings. The number of nitrogens with zero attached hydrogens (tertiary/aromatic N) is 5. The molecule has 0 spiro atoms. The van der Waals surface area contributed by atoms with Gasteiger partial charge in [-0.25, -0.2) is 4.98 Å². The fraction of sp³-hybridized carbons (Fsp3) is 0.448. The van der Waals surface area contributed by atoms with Crippen molar-refractivity contribution >= 4 is 34.8 Å². The minimum absolute atomic E-state index is 0.0544. The Bertz CT molecular complexity index is 1360. The van der Waals surface area contributed by atoms with Gasteiger partial charge in [-0.15, -0.1) is 6.58 Å². The van der Waals surface area contributed by atoms with E-state index in [1.165, 1.54) is 18.3 Å². The van der Waals surface area contributed by atoms with Crippen LogP contribution in [-0.2, 0) is 4.74 Å². The Balaban J connectivity index is 0.00000207. The van der Waals surface area contributed by atoms with Crippen LogP contribution in [0.3, 0.4) is 0 Å². The number of amides is 1. The summed E-state index contributed by atoms with van der Waals surface area (Å²) in [5.74, 6) is -0.405. The molecule has 14 heteroatoms. The molecule has 232 valence electrons. The standard InChI is InChI=1S/C27H31F3N8O3.C2H6/c1-3-10-31-24(39)19-15-32-25(33-17-4-6-18(7-5-17)38-13-11-37(2)12-14-38)36-23(19)35-21-9-8-20-22(34-21)26(40,16-41-20)27(28,29)30;1-2/h3-8,15,21,40H,1,9-14,16H2,2H3,(H,31,39)(H2,32,33,35,36);1-2H3. The predicted octanol–water partition coefficient (Wildman–Crippen LogP) is 3.70. The van der Waals surface area contributed by atoms with Crippen molar-refractivity contribution in [3.05, 3.63) is 60.5 Å². The van der Waals surface area contributed by atoms with E-state index in [0.717, 1.165) is 31.9 Å². The molecule has 43 heavy (non-hydrogen) atoms. The Hall–Kier alpha value is -4.17. The maximum atomic E-state index is 13.6. The topological polar surface area (TPSA) is 127 Å². The molecule has 0 saturated carbocycles. The number of likely N-dealkylation sites (N-methyl/N-ethyl adjacent to an activating group) is 1. The van der Waals surface area contributed by atoms with Gasteiger partial charge >= 0.3 is 6.18 Å². The van der Waals surface area contributed by atoms with Gasteiger partial charge in [-0.05, 0) is 37.4 Å². The third kappa shape index (κ3) is 7.08. The summed E-state index contributed by atoms with van der Waals surface area (Å²) in [6.45, 7) is 10.6. The molecule has 2 unspecified atom stereocenters. The number of carbonyl (C=O) groups excluding carboxylic acids is 1. The number of carbonyl (C=O) groups is 1. The number of alkyl halides is 3. The van der Waals surface area contributed by atoms with Crippen molar-refractivity contribution in [2.45, 2.75) is 38.2 Å². The number of nitrogens with one attached hydrogen (secondary N) is 3. The smallest absolute Gasteiger partial charge is 0.426 e. The summed E-state index contributed by atoms with van der Waals surface area (Å²) >= 11 is 0. The lowest BCUT2D eigenvalue weighted by atomic mass is 9.96. The van der Waals surface area contributed by atoms with E-state index in [2.05, 4.69) is 54.3 Å². The maximum absolute atomic E-state index is 13.6. The first-order chi connectivity index (χ1) is 20.6. The van der Waals surface area contributed by atoms with E-state index < -0.39 is 36.2 Å². The van der Waals surface area contributed by atoms with Crippen molar-refractivity contribution in [1.29, 1.82) is 0 Å². The van der Waals surface area contributed by atoms with Gasteiger partial charge in [0, 0.05) is 56.7 Å². The highest BCUT2D eigenvalue weighted by atomic mass is 19.4. The van der Waals surface area contributed by atoms with Crippen LogP contribution in [0.4, 0.5) is 36.3 Å². The number of dihydropyridines is 1. The van der Waals surface area contributed by atoms with Crippen LogP contribution in [0.25, 0.3) is 0 Å². The number of hydrogen-bond donors (Lipinski definition) is 4. The van der Waals surface area contributed by atoms with Gasteiger partial charge in [0.1, 0.15) is 35.6 Å². The second-order valence-corrected chi connectivity index (χ2v) is 10.0. The SMILES string of the molecule is C=CCNC(=O)c1cnc(Nc2ccc(N3CCN(C)CC3)cc2)nc1NC1CC=C2OCC(O)(C(F)(F)F)C2=N1.CC. The number of anilines is 4. The lowest BCUT2D eigenvalue weighted by Gasteiger charge is -2.34. The maximum Gasteiger partial charge on any atom is 0.426 e. The average Bonchev–Trinajstić information content (AvgIpc) is 3.35. The van der Waals surface area contributed by atoms with Crippen LogP contribution in [0.1, 0.15) is 30.6 Å². The number of hydrogen-bond acceptors (Lipinski definition) is 10. The Labute approximate surface area is 248 Å². The number of benzene rings is 1. The Morgan fingerprint density at radius 2 is 1.91 bits per heavy atom. The van der Waals surface area contributed by atoms with E-state index in [-0.39, 0.29) is 36.1 Å². The zero-order valence-electron chi connectivity index (χ0n) is 24.4. The Morgan fingerprint density at radius 3 is 2.56 bits per heavy atom. The largest absolute Gasteiger partial charge is 0.488 e. The highest BCUT2D eigenvalue weighted by molar-refractivity contribution is 6.08. The van der Waals surface area contributed by atoms with Crippen molar-refractivity contribution in [1.82, 2.24) is 20.2 Å². The number of fused-ring (bicyclic) bond motifs is 1. The van der Waals surface area contributed by atoms with Gasteiger partial charge in [-0.2, -0.15) is 18.2 Å². The molecular formula is C29H37F3N8O3. The van der Waals surface area contributed by atoms with E-state index >= 15 is 0 Å². The number of rotatable bonds is 8. The summed E-state index contributed by atoms with van der Waals surface area (Å²) in [5, 5.41) is 19.0. The van der Waals surface area contributed by atoms with Crippen molar-refractivity contribution in [2.75, 3.05) is 61.9 Å². The number of ether oxygens (including phenoxy) is 1. The van der Waals surface area contributed by atoms with E-state index in [4.69, 9.17) is 4.74 Å². The molecule has 5 rings (SSSR count). The average molecular weight is 603 g/mol. The molecule has 0 radical (unpaired) electrons. The van der Waals surface area contributed by atoms with Crippen LogP contribution in [0.15, 0.2) is 59.9 Å². The van der Waals surface area contributed by atoms with Crippen LogP contribution >= 0.6 is 0 Å². The first-order valence-corrected chi connectivity index (χ1v) is 14.1. The molecule has 1 amide bonds. The van der Waals surface area contributed by atoms with Gasteiger partial charge in [0.2, 0.25) is 11.5 Å². The third-order valence-electron chi connectivity index (χ3n) is 7.08. The predicted molar refractivity (Wildman–Crippen MR) is 160 cm³/mol. The van der Waals surface area contributed by atoms with Gasteiger partial charge < -0.3 is 35.6 Å². The summed E-state index contributed by atoms with van der Waals surface area (Å²) in [6.07, 6.45) is -1.56. The van der Waals surface area contributed by atoms with Crippen molar-refractivity contribution in [2.24, 2.45) is 4.99 Å². The molecule has 0 aliphatic carbocycles. The summed E-state index contributed by atoms with van der Waals surface area (Å²) in [6, 6.07) is 7.79. The highest BCUT2D eigenvalue weighted by Gasteiger charge is 2.63. The summed E-state index contributed by atoms with van der Waals surface area (Å²) in [7, 11) is 2.10. The molecule has 1 aromatic carbocycles. The molecule has 4 N–H and O–H groups in total. The fourth-order valence-corrected chi connectivity index (χ4v) is 4.67. The van der Waals surface area contributed by atoms with Crippen LogP contribution < -0.4 is 20.9 Å². The summed E-state index contributed by atoms with van der Waals surface area (Å²) in [5.41, 5.74) is -1.97. The van der Waals surface area contributed by atoms with Crippen LogP contribution in [0.2, 0.25) is 0 Å². The van der Waals surface area contributed by atoms with Crippen molar-refractivity contribution in [3.63, 3.8) is 0 Å². The van der Waals surface area contributed by atoms with E-state index in [1.54, 1.807) is 0 Å². The first-order valence-electron chi connectivity index (χ1n) is 14.1. The molecule has 2 fully saturated rings. The van der Waals surface area contributed by atoms with Crippen LogP contribution in [-0.4, -0.2) is 95.9 Å². The first kappa shape index (κ1) is 31.8. The van der Waals surface area contributed by atoms with E-state index in [1.807, 2.05) is 38.1 Å². The van der Waals surface area contributed by atoms with Crippen molar-refractivity contribution < 1.29 is 27.8 Å². The van der Waals surface area contributed by atoms with Gasteiger partial charge in [-0.3, -0.25) is 9.79 Å². The second kappa shape index (κ2) is 13.4. The van der Waals surface area contributed by atoms with Gasteiger partial charge in [-0.1, -0.05) is 19.9 Å². The number of aromatic nitrogens is 2. The highest BCUT2D eigenvalue weighted by Crippen LogP contribution is 2.40. The number of halogens is 3. The van der Waals surface area contributed by atoms with Crippen LogP contribution in [0, 0.1) is 0 Å². The van der Waals surface area contributed by atoms with Gasteiger partial charge in [0.25, 0.3) is 5.91 Å².